The van der Waals surface area contributed by atoms with Crippen LogP contribution < -0.4 is 10.6 Å². The Morgan fingerprint density at radius 1 is 1.30 bits per heavy atom. The van der Waals surface area contributed by atoms with Gasteiger partial charge in [0, 0.05) is 12.7 Å². The Morgan fingerprint density at radius 2 is 1.90 bits per heavy atom. The Morgan fingerprint density at radius 3 is 2.40 bits per heavy atom. The Kier molecular flexibility index (Phi) is 3.37. The first-order valence-corrected chi connectivity index (χ1v) is 8.06. The van der Waals surface area contributed by atoms with Crippen LogP contribution in [0.4, 0.5) is 23.7 Å². The Balaban J connectivity index is 2.63. The maximum absolute atomic E-state index is 12.8. The fourth-order valence-corrected chi connectivity index (χ4v) is 4.76. The van der Waals surface area contributed by atoms with Crippen molar-refractivity contribution in [1.29, 1.82) is 0 Å². The molecule has 1 atom stereocenters. The molecule has 1 N–H and O–H groups in total. The lowest BCUT2D eigenvalue weighted by atomic mass is 10.2. The molecule has 0 radical (unpaired) electrons. The number of hydrogen-bond acceptors (Lipinski definition) is 2. The Bertz CT molecular complexity index is 613. The van der Waals surface area contributed by atoms with Gasteiger partial charge in [0.25, 0.3) is 0 Å². The summed E-state index contributed by atoms with van der Waals surface area (Å²) < 4.78 is 52.2. The minimum Gasteiger partial charge on any atom is -0.307 e. The van der Waals surface area contributed by atoms with Crippen LogP contribution in [-0.4, -0.2) is 23.4 Å². The number of urea groups is 1. The molecule has 0 saturated carbocycles. The monoisotopic (exact) mass is 306 g/mol. The highest BCUT2D eigenvalue weighted by Crippen LogP contribution is 2.51. The summed E-state index contributed by atoms with van der Waals surface area (Å²) in [7, 11) is -3.37. The normalized spacial score (nSPS) is 22.8. The minimum atomic E-state index is -4.51. The smallest absolute Gasteiger partial charge is 0.307 e. The first-order valence-electron chi connectivity index (χ1n) is 5.95. The van der Waals surface area contributed by atoms with E-state index in [9.17, 15) is 22.5 Å². The van der Waals surface area contributed by atoms with E-state index in [4.69, 9.17) is 0 Å². The largest absolute Gasteiger partial charge is 0.416 e. The molecule has 1 aliphatic rings. The van der Waals surface area contributed by atoms with E-state index in [-0.39, 0.29) is 17.0 Å². The van der Waals surface area contributed by atoms with Crippen LogP contribution in [0.15, 0.2) is 18.2 Å². The fraction of sp³-hybridized carbons (Fsp3) is 0.417. The number of halogens is 3. The average molecular weight is 306 g/mol. The van der Waals surface area contributed by atoms with Crippen molar-refractivity contribution in [1.82, 2.24) is 4.67 Å². The van der Waals surface area contributed by atoms with Crippen molar-refractivity contribution in [2.75, 3.05) is 12.0 Å². The molecule has 0 spiro atoms. The minimum absolute atomic E-state index is 0.0284. The van der Waals surface area contributed by atoms with Gasteiger partial charge in [0.2, 0.25) is 7.29 Å². The second-order valence-corrected chi connectivity index (χ2v) is 7.65. The van der Waals surface area contributed by atoms with E-state index < -0.39 is 25.1 Å². The quantitative estimate of drug-likeness (QED) is 0.807. The van der Waals surface area contributed by atoms with E-state index in [1.165, 1.54) is 6.66 Å². The van der Waals surface area contributed by atoms with E-state index in [0.717, 1.165) is 22.9 Å². The molecule has 0 bridgehead atoms. The van der Waals surface area contributed by atoms with Crippen LogP contribution in [0.25, 0.3) is 0 Å². The van der Waals surface area contributed by atoms with E-state index in [0.29, 0.717) is 0 Å². The van der Waals surface area contributed by atoms with E-state index in [2.05, 4.69) is 5.32 Å². The van der Waals surface area contributed by atoms with Gasteiger partial charge in [-0.2, -0.15) is 13.2 Å². The highest BCUT2D eigenvalue weighted by molar-refractivity contribution is 7.69. The first kappa shape index (κ1) is 14.9. The molecule has 4 nitrogen and oxygen atoms in total. The third kappa shape index (κ3) is 2.30. The number of hydrogen-bond donors (Lipinski definition) is 1. The molecule has 1 aromatic rings. The van der Waals surface area contributed by atoms with Gasteiger partial charge in [0.05, 0.1) is 16.6 Å². The van der Waals surface area contributed by atoms with Crippen molar-refractivity contribution >= 4 is 24.3 Å². The summed E-state index contributed by atoms with van der Waals surface area (Å²) in [6.45, 7) is 4.63. The van der Waals surface area contributed by atoms with Gasteiger partial charge >= 0.3 is 12.2 Å². The number of anilines is 1. The molecule has 110 valence electrons. The van der Waals surface area contributed by atoms with Crippen LogP contribution in [0.5, 0.6) is 0 Å². The number of rotatable bonds is 1. The van der Waals surface area contributed by atoms with E-state index in [1.807, 2.05) is 0 Å². The number of alkyl halides is 3. The van der Waals surface area contributed by atoms with Crippen LogP contribution in [0, 0.1) is 0 Å². The first-order chi connectivity index (χ1) is 9.05. The summed E-state index contributed by atoms with van der Waals surface area (Å²) in [6.07, 6.45) is -4.51. The lowest BCUT2D eigenvalue weighted by molar-refractivity contribution is -0.137. The molecule has 2 amide bonds. The molecule has 1 aromatic carbocycles. The van der Waals surface area contributed by atoms with Crippen molar-refractivity contribution in [2.24, 2.45) is 0 Å². The van der Waals surface area contributed by atoms with Gasteiger partial charge in [-0.05, 0) is 32.0 Å². The predicted octanol–water partition coefficient (Wildman–Crippen LogP) is 3.49. The van der Waals surface area contributed by atoms with Crippen molar-refractivity contribution in [3.8, 4) is 0 Å². The fourth-order valence-electron chi connectivity index (χ4n) is 2.29. The van der Waals surface area contributed by atoms with Crippen LogP contribution in [-0.2, 0) is 10.7 Å². The summed E-state index contributed by atoms with van der Waals surface area (Å²) in [6, 6.07) is 1.92. The molecular weight excluding hydrogens is 292 g/mol. The van der Waals surface area contributed by atoms with Crippen LogP contribution in [0.3, 0.4) is 0 Å². The lowest BCUT2D eigenvalue weighted by Gasteiger charge is -2.38. The number of carbonyl (C=O) groups is 1. The molecule has 0 saturated heterocycles. The van der Waals surface area contributed by atoms with Crippen molar-refractivity contribution in [3.05, 3.63) is 23.8 Å². The summed E-state index contributed by atoms with van der Waals surface area (Å²) in [5.74, 6) is 0. The summed E-state index contributed by atoms with van der Waals surface area (Å²) in [5.41, 5.74) is -0.705. The molecule has 1 unspecified atom stereocenters. The maximum Gasteiger partial charge on any atom is 0.416 e. The third-order valence-corrected chi connectivity index (χ3v) is 5.85. The molecule has 0 aromatic heterocycles. The highest BCUT2D eigenvalue weighted by Gasteiger charge is 2.41. The summed E-state index contributed by atoms with van der Waals surface area (Å²) >= 11 is 0. The van der Waals surface area contributed by atoms with Gasteiger partial charge in [-0.3, -0.25) is 9.24 Å². The van der Waals surface area contributed by atoms with Crippen LogP contribution >= 0.6 is 7.29 Å². The highest BCUT2D eigenvalue weighted by atomic mass is 31.2. The van der Waals surface area contributed by atoms with Gasteiger partial charge < -0.3 is 5.32 Å². The second-order valence-electron chi connectivity index (χ2n) is 4.98. The standard InChI is InChI=1S/C12H14F3N2O2P/c1-7(2)17-11(18)16-9-5-4-8(12(13,14)15)6-10(9)20(17,3)19/h4-7H,1-3H3,(H,16,18). The Labute approximate surface area is 114 Å². The van der Waals surface area contributed by atoms with Gasteiger partial charge in [0.1, 0.15) is 0 Å². The van der Waals surface area contributed by atoms with Gasteiger partial charge in [-0.1, -0.05) is 0 Å². The molecule has 8 heteroatoms. The van der Waals surface area contributed by atoms with E-state index >= 15 is 0 Å². The molecule has 1 heterocycles. The van der Waals surface area contributed by atoms with Gasteiger partial charge in [0.15, 0.2) is 0 Å². The summed E-state index contributed by atoms with van der Waals surface area (Å²) in [4.78, 5) is 11.9. The molecule has 20 heavy (non-hydrogen) atoms. The number of nitrogens with one attached hydrogen (secondary N) is 1. The number of benzene rings is 1. The van der Waals surface area contributed by atoms with Gasteiger partial charge in [-0.15, -0.1) is 0 Å². The van der Waals surface area contributed by atoms with Crippen LogP contribution in [0.2, 0.25) is 0 Å². The molecule has 0 fully saturated rings. The zero-order valence-corrected chi connectivity index (χ0v) is 12.0. The summed E-state index contributed by atoms with van der Waals surface area (Å²) in [5, 5.41) is 2.50. The van der Waals surface area contributed by atoms with Crippen molar-refractivity contribution < 1.29 is 22.5 Å². The zero-order chi connectivity index (χ0) is 15.3. The molecule has 2 rings (SSSR count). The Hall–Kier alpha value is -1.49. The lowest BCUT2D eigenvalue weighted by Crippen LogP contribution is -2.44. The molecule has 1 aliphatic heterocycles. The zero-order valence-electron chi connectivity index (χ0n) is 11.2. The average Bonchev–Trinajstić information content (AvgIpc) is 2.25. The SMILES string of the molecule is CC(C)N1C(=O)Nc2ccc(C(F)(F)F)cc2P1(C)=O. The van der Waals surface area contributed by atoms with Gasteiger partial charge in [-0.25, -0.2) is 4.79 Å². The second kappa shape index (κ2) is 4.52. The number of fused-ring (bicyclic) bond motifs is 1. The number of carbonyl (C=O) groups excluding carboxylic acids is 1. The number of amides is 2. The van der Waals surface area contributed by atoms with Crippen LogP contribution in [0.1, 0.15) is 19.4 Å². The van der Waals surface area contributed by atoms with E-state index in [1.54, 1.807) is 13.8 Å². The topological polar surface area (TPSA) is 49.4 Å². The third-order valence-electron chi connectivity index (χ3n) is 3.12. The van der Waals surface area contributed by atoms with Crippen molar-refractivity contribution in [2.45, 2.75) is 26.1 Å². The maximum atomic E-state index is 12.8. The predicted molar refractivity (Wildman–Crippen MR) is 70.6 cm³/mol. The van der Waals surface area contributed by atoms with Crippen molar-refractivity contribution in [3.63, 3.8) is 0 Å². The molecular formula is C12H14F3N2O2P. The molecule has 0 aliphatic carbocycles. The number of nitrogens with zero attached hydrogens (tertiary/aromatic N) is 1.